The summed E-state index contributed by atoms with van der Waals surface area (Å²) in [5, 5.41) is 0.947. The Morgan fingerprint density at radius 2 is 1.49 bits per heavy atom. The zero-order chi connectivity index (χ0) is 30.6. The van der Waals surface area contributed by atoms with E-state index in [0.717, 1.165) is 56.3 Å². The van der Waals surface area contributed by atoms with Gasteiger partial charge in [-0.3, -0.25) is 14.6 Å². The fraction of sp³-hybridized carbons (Fsp3) is 0.447. The minimum Gasteiger partial charge on any atom is -0.497 e. The lowest BCUT2D eigenvalue weighted by atomic mass is 9.91. The third-order valence-electron chi connectivity index (χ3n) is 9.80. The van der Waals surface area contributed by atoms with Crippen molar-refractivity contribution in [2.24, 2.45) is 0 Å². The Hall–Kier alpha value is -3.39. The zero-order valence-electron chi connectivity index (χ0n) is 26.3. The van der Waals surface area contributed by atoms with Crippen LogP contribution in [0.3, 0.4) is 0 Å². The number of nitrogens with zero attached hydrogens (tertiary/aromatic N) is 2. The number of hydrogen-bond donors (Lipinski definition) is 0. The number of fused-ring (bicyclic) bond motifs is 1. The van der Waals surface area contributed by atoms with Gasteiger partial charge in [0.1, 0.15) is 30.0 Å². The molecule has 0 radical (unpaired) electrons. The second-order valence-corrected chi connectivity index (χ2v) is 13.7. The quantitative estimate of drug-likeness (QED) is 0.157. The number of rotatable bonds is 11. The van der Waals surface area contributed by atoms with E-state index in [-0.39, 0.29) is 11.9 Å². The number of methoxy groups -OCH3 is 1. The lowest BCUT2D eigenvalue weighted by Gasteiger charge is -2.37. The Morgan fingerprint density at radius 1 is 0.800 bits per heavy atom. The summed E-state index contributed by atoms with van der Waals surface area (Å²) in [6.07, 6.45) is 10.2. The summed E-state index contributed by atoms with van der Waals surface area (Å²) in [5.41, 5.74) is 2.41. The maximum absolute atomic E-state index is 14.2. The molecule has 7 heteroatoms. The van der Waals surface area contributed by atoms with E-state index in [4.69, 9.17) is 14.2 Å². The molecule has 0 spiro atoms. The van der Waals surface area contributed by atoms with Crippen LogP contribution in [-0.2, 0) is 0 Å². The van der Waals surface area contributed by atoms with Gasteiger partial charge in [0, 0.05) is 38.7 Å². The minimum atomic E-state index is 0.0199. The van der Waals surface area contributed by atoms with E-state index in [2.05, 4.69) is 21.9 Å². The van der Waals surface area contributed by atoms with E-state index in [1.807, 2.05) is 54.6 Å². The van der Waals surface area contributed by atoms with Crippen LogP contribution < -0.4 is 14.2 Å². The molecule has 0 amide bonds. The monoisotopic (exact) mass is 624 g/mol. The van der Waals surface area contributed by atoms with E-state index >= 15 is 0 Å². The molecule has 1 aliphatic carbocycles. The highest BCUT2D eigenvalue weighted by atomic mass is 32.1. The molecule has 2 aliphatic heterocycles. The molecule has 2 atom stereocenters. The van der Waals surface area contributed by atoms with E-state index in [0.29, 0.717) is 18.2 Å². The largest absolute Gasteiger partial charge is 0.497 e. The van der Waals surface area contributed by atoms with Gasteiger partial charge in [0.2, 0.25) is 0 Å². The second-order valence-electron chi connectivity index (χ2n) is 12.7. The summed E-state index contributed by atoms with van der Waals surface area (Å²) in [6, 6.07) is 22.5. The Labute approximate surface area is 270 Å². The minimum absolute atomic E-state index is 0.0199. The molecule has 3 aliphatic rings. The molecule has 6 nitrogen and oxygen atoms in total. The van der Waals surface area contributed by atoms with Crippen LogP contribution >= 0.6 is 11.3 Å². The topological polar surface area (TPSA) is 51.2 Å². The molecule has 1 saturated carbocycles. The van der Waals surface area contributed by atoms with E-state index in [9.17, 15) is 4.79 Å². The Kier molecular flexibility index (Phi) is 9.38. The number of ketones is 1. The van der Waals surface area contributed by atoms with Crippen molar-refractivity contribution in [3.05, 3.63) is 77.9 Å². The van der Waals surface area contributed by atoms with Crippen molar-refractivity contribution < 1.29 is 19.0 Å². The van der Waals surface area contributed by atoms with Gasteiger partial charge < -0.3 is 14.2 Å². The highest BCUT2D eigenvalue weighted by Gasteiger charge is 2.33. The number of thiophene rings is 1. The van der Waals surface area contributed by atoms with Gasteiger partial charge in [-0.2, -0.15) is 0 Å². The van der Waals surface area contributed by atoms with Crippen molar-refractivity contribution >= 4 is 27.2 Å². The van der Waals surface area contributed by atoms with Gasteiger partial charge in [0.25, 0.3) is 0 Å². The molecular weight excluding hydrogens is 580 g/mol. The van der Waals surface area contributed by atoms with Crippen molar-refractivity contribution in [3.63, 3.8) is 0 Å². The molecule has 1 aromatic heterocycles. The van der Waals surface area contributed by atoms with E-state index < -0.39 is 0 Å². The average Bonchev–Trinajstić information content (AvgIpc) is 3.87. The van der Waals surface area contributed by atoms with Gasteiger partial charge in [0.05, 0.1) is 7.11 Å². The first-order valence-corrected chi connectivity index (χ1v) is 17.6. The van der Waals surface area contributed by atoms with Crippen LogP contribution in [0.2, 0.25) is 0 Å². The lowest BCUT2D eigenvalue weighted by Crippen LogP contribution is -2.46. The number of benzene rings is 3. The Morgan fingerprint density at radius 3 is 2.24 bits per heavy atom. The van der Waals surface area contributed by atoms with E-state index in [1.54, 1.807) is 18.4 Å². The normalized spacial score (nSPS) is 20.9. The van der Waals surface area contributed by atoms with Gasteiger partial charge in [-0.1, -0.05) is 6.42 Å². The first-order chi connectivity index (χ1) is 22.2. The number of carbonyl (C=O) groups is 1. The van der Waals surface area contributed by atoms with Gasteiger partial charge >= 0.3 is 0 Å². The van der Waals surface area contributed by atoms with Gasteiger partial charge in [-0.15, -0.1) is 11.3 Å². The summed E-state index contributed by atoms with van der Waals surface area (Å²) in [7, 11) is 1.68. The molecule has 7 rings (SSSR count). The fourth-order valence-corrected chi connectivity index (χ4v) is 8.58. The number of carbonyl (C=O) groups excluding carboxylic acids is 1. The molecule has 3 heterocycles. The number of hydrogen-bond acceptors (Lipinski definition) is 7. The first kappa shape index (κ1) is 30.3. The predicted molar refractivity (Wildman–Crippen MR) is 182 cm³/mol. The molecule has 45 heavy (non-hydrogen) atoms. The third kappa shape index (κ3) is 6.76. The van der Waals surface area contributed by atoms with Crippen molar-refractivity contribution in [1.29, 1.82) is 0 Å². The Bertz CT molecular complexity index is 1590. The standard InChI is InChI=1S/C38H44N2O4S/c1-42-31-18-19-32-35(26-31)45-38(28-12-14-29(15-13-28)43-25-24-39-20-4-5-21-39)36(32)37(41)27-10-16-30(17-11-27)44-34-9-3-2-8-33(34)40-22-6-7-23-40/h10-19,26,33-34H,2-9,20-25H2,1H3. The summed E-state index contributed by atoms with van der Waals surface area (Å²) in [4.78, 5) is 20.3. The molecule has 236 valence electrons. The van der Waals surface area contributed by atoms with Crippen LogP contribution in [0.1, 0.15) is 67.3 Å². The van der Waals surface area contributed by atoms with Crippen LogP contribution in [0.15, 0.2) is 66.7 Å². The molecular formula is C38H44N2O4S. The second kappa shape index (κ2) is 13.9. The maximum Gasteiger partial charge on any atom is 0.195 e. The highest BCUT2D eigenvalue weighted by Crippen LogP contribution is 2.42. The van der Waals surface area contributed by atoms with Gasteiger partial charge in [-0.25, -0.2) is 0 Å². The SMILES string of the molecule is COc1ccc2c(C(=O)c3ccc(OC4CCCCC4N4CCCC4)cc3)c(-c3ccc(OCCN4CCCC4)cc3)sc2c1. The van der Waals surface area contributed by atoms with Crippen LogP contribution in [0.25, 0.3) is 20.5 Å². The maximum atomic E-state index is 14.2. The van der Waals surface area contributed by atoms with Crippen molar-refractivity contribution in [2.75, 3.05) is 46.4 Å². The van der Waals surface area contributed by atoms with Crippen molar-refractivity contribution in [2.45, 2.75) is 63.5 Å². The molecule has 3 aromatic carbocycles. The Balaban J connectivity index is 1.11. The number of ether oxygens (including phenoxy) is 3. The summed E-state index contributed by atoms with van der Waals surface area (Å²) in [6.45, 7) is 6.37. The van der Waals surface area contributed by atoms with Crippen molar-refractivity contribution in [3.8, 4) is 27.7 Å². The summed E-state index contributed by atoms with van der Waals surface area (Å²) < 4.78 is 19.2. The van der Waals surface area contributed by atoms with Gasteiger partial charge in [-0.05, 0) is 143 Å². The predicted octanol–water partition coefficient (Wildman–Crippen LogP) is 8.07. The van der Waals surface area contributed by atoms with Crippen LogP contribution in [0, 0.1) is 0 Å². The smallest absolute Gasteiger partial charge is 0.195 e. The zero-order valence-corrected chi connectivity index (χ0v) is 27.2. The lowest BCUT2D eigenvalue weighted by molar-refractivity contribution is 0.0485. The van der Waals surface area contributed by atoms with Crippen LogP contribution in [0.4, 0.5) is 0 Å². The molecule has 2 unspecified atom stereocenters. The summed E-state index contributed by atoms with van der Waals surface area (Å²) in [5.74, 6) is 2.51. The molecule has 0 N–H and O–H groups in total. The van der Waals surface area contributed by atoms with Crippen LogP contribution in [-0.4, -0.2) is 74.2 Å². The van der Waals surface area contributed by atoms with E-state index in [1.165, 1.54) is 71.1 Å². The average molecular weight is 625 g/mol. The molecule has 3 fully saturated rings. The highest BCUT2D eigenvalue weighted by molar-refractivity contribution is 7.22. The first-order valence-electron chi connectivity index (χ1n) is 16.8. The summed E-state index contributed by atoms with van der Waals surface area (Å²) >= 11 is 1.63. The molecule has 4 aromatic rings. The molecule has 2 saturated heterocycles. The number of likely N-dealkylation sites (tertiary alicyclic amines) is 2. The molecule has 0 bridgehead atoms. The van der Waals surface area contributed by atoms with Crippen LogP contribution in [0.5, 0.6) is 17.2 Å². The van der Waals surface area contributed by atoms with Gasteiger partial charge in [0.15, 0.2) is 5.78 Å². The third-order valence-corrected chi connectivity index (χ3v) is 11.0. The fourth-order valence-electron chi connectivity index (χ4n) is 7.34. The van der Waals surface area contributed by atoms with Crippen molar-refractivity contribution in [1.82, 2.24) is 9.80 Å².